The first-order valence-electron chi connectivity index (χ1n) is 4.52. The van der Waals surface area contributed by atoms with Crippen LogP contribution in [-0.4, -0.2) is 34.5 Å². The van der Waals surface area contributed by atoms with Gasteiger partial charge in [-0.1, -0.05) is 15.9 Å². The summed E-state index contributed by atoms with van der Waals surface area (Å²) in [5.41, 5.74) is 0. The fourth-order valence-corrected chi connectivity index (χ4v) is 2.11. The minimum absolute atomic E-state index is 0.0130. The zero-order valence-electron chi connectivity index (χ0n) is 7.75. The fourth-order valence-electron chi connectivity index (χ4n) is 1.73. The largest absolute Gasteiger partial charge is 0.333 e. The van der Waals surface area contributed by atoms with Gasteiger partial charge < -0.3 is 4.90 Å². The number of carbonyl (C=O) groups excluding carboxylic acids is 2. The molecule has 0 aliphatic carbocycles. The molecule has 0 aromatic heterocycles. The Hall–Kier alpha value is -0.380. The molecule has 0 aromatic carbocycles. The lowest BCUT2D eigenvalue weighted by Crippen LogP contribution is -2.47. The Bertz CT molecular complexity index is 218. The zero-order chi connectivity index (χ0) is 9.84. The SMILES string of the molecule is CC(=O)N1CCCCC1C(=O)CBr. The lowest BCUT2D eigenvalue weighted by Gasteiger charge is -2.33. The first-order chi connectivity index (χ1) is 6.16. The Morgan fingerprint density at radius 3 is 2.69 bits per heavy atom. The molecule has 1 amide bonds. The Labute approximate surface area is 86.6 Å². The highest BCUT2D eigenvalue weighted by Gasteiger charge is 2.28. The summed E-state index contributed by atoms with van der Waals surface area (Å²) in [6, 6.07) is -0.175. The molecule has 1 aliphatic rings. The van der Waals surface area contributed by atoms with Crippen molar-refractivity contribution < 1.29 is 9.59 Å². The second-order valence-corrected chi connectivity index (χ2v) is 3.88. The Morgan fingerprint density at radius 1 is 1.46 bits per heavy atom. The van der Waals surface area contributed by atoms with Crippen LogP contribution in [0.1, 0.15) is 26.2 Å². The number of piperidine rings is 1. The minimum atomic E-state index is -0.175. The third-order valence-electron chi connectivity index (χ3n) is 2.41. The van der Waals surface area contributed by atoms with Crippen LogP contribution >= 0.6 is 15.9 Å². The van der Waals surface area contributed by atoms with Crippen molar-refractivity contribution in [2.24, 2.45) is 0 Å². The lowest BCUT2D eigenvalue weighted by molar-refractivity contribution is -0.138. The number of hydrogen-bond acceptors (Lipinski definition) is 2. The Morgan fingerprint density at radius 2 is 2.15 bits per heavy atom. The van der Waals surface area contributed by atoms with Crippen molar-refractivity contribution in [3.63, 3.8) is 0 Å². The molecule has 0 radical (unpaired) electrons. The van der Waals surface area contributed by atoms with Gasteiger partial charge in [-0.3, -0.25) is 9.59 Å². The van der Waals surface area contributed by atoms with Crippen molar-refractivity contribution in [2.75, 3.05) is 11.9 Å². The molecular weight excluding hydrogens is 234 g/mol. The molecule has 1 rings (SSSR count). The lowest BCUT2D eigenvalue weighted by atomic mass is 9.99. The van der Waals surface area contributed by atoms with Gasteiger partial charge in [0.1, 0.15) is 0 Å². The fraction of sp³-hybridized carbons (Fsp3) is 0.778. The summed E-state index contributed by atoms with van der Waals surface area (Å²) in [5, 5.41) is 0.349. The summed E-state index contributed by atoms with van der Waals surface area (Å²) >= 11 is 3.14. The predicted molar refractivity (Wildman–Crippen MR) is 53.8 cm³/mol. The molecular formula is C9H14BrNO2. The van der Waals surface area contributed by atoms with Crippen molar-refractivity contribution in [3.8, 4) is 0 Å². The number of likely N-dealkylation sites (tertiary alicyclic amines) is 1. The van der Waals surface area contributed by atoms with Crippen LogP contribution in [0, 0.1) is 0 Å². The highest BCUT2D eigenvalue weighted by molar-refractivity contribution is 9.09. The molecule has 0 saturated carbocycles. The second-order valence-electron chi connectivity index (χ2n) is 3.32. The number of amides is 1. The normalized spacial score (nSPS) is 22.9. The maximum absolute atomic E-state index is 11.4. The number of Topliss-reactive ketones (excluding diaryl/α,β-unsaturated/α-hetero) is 1. The number of ketones is 1. The Balaban J connectivity index is 2.67. The van der Waals surface area contributed by atoms with Gasteiger partial charge in [0.05, 0.1) is 11.4 Å². The summed E-state index contributed by atoms with van der Waals surface area (Å²) in [7, 11) is 0. The van der Waals surface area contributed by atoms with E-state index in [2.05, 4.69) is 15.9 Å². The molecule has 0 spiro atoms. The van der Waals surface area contributed by atoms with Crippen LogP contribution in [0.4, 0.5) is 0 Å². The molecule has 0 aromatic rings. The third kappa shape index (κ3) is 2.53. The van der Waals surface area contributed by atoms with E-state index in [-0.39, 0.29) is 17.7 Å². The van der Waals surface area contributed by atoms with Crippen molar-refractivity contribution in [2.45, 2.75) is 32.2 Å². The number of nitrogens with zero attached hydrogens (tertiary/aromatic N) is 1. The van der Waals surface area contributed by atoms with Crippen LogP contribution < -0.4 is 0 Å². The molecule has 3 nitrogen and oxygen atoms in total. The zero-order valence-corrected chi connectivity index (χ0v) is 9.34. The van der Waals surface area contributed by atoms with Gasteiger partial charge in [-0.05, 0) is 19.3 Å². The molecule has 13 heavy (non-hydrogen) atoms. The number of alkyl halides is 1. The van der Waals surface area contributed by atoms with E-state index in [0.717, 1.165) is 25.8 Å². The summed E-state index contributed by atoms with van der Waals surface area (Å²) in [6.07, 6.45) is 2.89. The number of carbonyl (C=O) groups is 2. The molecule has 1 aliphatic heterocycles. The highest BCUT2D eigenvalue weighted by atomic mass is 79.9. The van der Waals surface area contributed by atoms with Crippen molar-refractivity contribution in [3.05, 3.63) is 0 Å². The standard InChI is InChI=1S/C9H14BrNO2/c1-7(12)11-5-3-2-4-8(11)9(13)6-10/h8H,2-6H2,1H3. The molecule has 4 heteroatoms. The van der Waals surface area contributed by atoms with E-state index < -0.39 is 0 Å². The van der Waals surface area contributed by atoms with Gasteiger partial charge in [-0.2, -0.15) is 0 Å². The van der Waals surface area contributed by atoms with Gasteiger partial charge in [0.2, 0.25) is 5.91 Å². The Kier molecular flexibility index (Phi) is 3.90. The molecule has 0 bridgehead atoms. The van der Waals surface area contributed by atoms with E-state index in [9.17, 15) is 9.59 Å². The van der Waals surface area contributed by atoms with Crippen molar-refractivity contribution >= 4 is 27.6 Å². The monoisotopic (exact) mass is 247 g/mol. The van der Waals surface area contributed by atoms with E-state index in [1.807, 2.05) is 0 Å². The number of halogens is 1. The number of rotatable bonds is 2. The molecule has 1 atom stereocenters. The van der Waals surface area contributed by atoms with Crippen molar-refractivity contribution in [1.82, 2.24) is 4.90 Å². The minimum Gasteiger partial charge on any atom is -0.333 e. The number of hydrogen-bond donors (Lipinski definition) is 0. The average molecular weight is 248 g/mol. The first kappa shape index (κ1) is 10.7. The first-order valence-corrected chi connectivity index (χ1v) is 5.65. The molecule has 1 fully saturated rings. The molecule has 0 N–H and O–H groups in total. The van der Waals surface area contributed by atoms with Crippen LogP contribution in [0.3, 0.4) is 0 Å². The van der Waals surface area contributed by atoms with Crippen LogP contribution in [0.5, 0.6) is 0 Å². The van der Waals surface area contributed by atoms with Crippen LogP contribution in [0.2, 0.25) is 0 Å². The van der Waals surface area contributed by atoms with Gasteiger partial charge in [0.15, 0.2) is 5.78 Å². The topological polar surface area (TPSA) is 37.4 Å². The van der Waals surface area contributed by atoms with Crippen molar-refractivity contribution in [1.29, 1.82) is 0 Å². The maximum atomic E-state index is 11.4. The summed E-state index contributed by atoms with van der Waals surface area (Å²) in [6.45, 7) is 2.26. The molecule has 1 heterocycles. The second kappa shape index (κ2) is 4.74. The average Bonchev–Trinajstić information content (AvgIpc) is 2.16. The van der Waals surface area contributed by atoms with E-state index in [1.54, 1.807) is 4.90 Å². The quantitative estimate of drug-likeness (QED) is 0.692. The molecule has 1 unspecified atom stereocenters. The van der Waals surface area contributed by atoms with Crippen LogP contribution in [0.25, 0.3) is 0 Å². The maximum Gasteiger partial charge on any atom is 0.220 e. The van der Waals surface area contributed by atoms with Gasteiger partial charge in [-0.25, -0.2) is 0 Å². The van der Waals surface area contributed by atoms with E-state index in [0.29, 0.717) is 5.33 Å². The predicted octanol–water partition coefficient (Wildman–Crippen LogP) is 1.35. The summed E-state index contributed by atoms with van der Waals surface area (Å²) in [4.78, 5) is 24.3. The smallest absolute Gasteiger partial charge is 0.220 e. The van der Waals surface area contributed by atoms with Gasteiger partial charge >= 0.3 is 0 Å². The summed E-state index contributed by atoms with van der Waals surface area (Å²) in [5.74, 6) is 0.133. The molecule has 74 valence electrons. The highest BCUT2D eigenvalue weighted by Crippen LogP contribution is 2.18. The van der Waals surface area contributed by atoms with E-state index >= 15 is 0 Å². The van der Waals surface area contributed by atoms with Crippen LogP contribution in [-0.2, 0) is 9.59 Å². The van der Waals surface area contributed by atoms with Gasteiger partial charge in [0.25, 0.3) is 0 Å². The van der Waals surface area contributed by atoms with E-state index in [1.165, 1.54) is 6.92 Å². The molecule has 1 saturated heterocycles. The summed E-state index contributed by atoms with van der Waals surface area (Å²) < 4.78 is 0. The van der Waals surface area contributed by atoms with Crippen LogP contribution in [0.15, 0.2) is 0 Å². The van der Waals surface area contributed by atoms with Gasteiger partial charge in [0, 0.05) is 13.5 Å². The van der Waals surface area contributed by atoms with Gasteiger partial charge in [-0.15, -0.1) is 0 Å². The third-order valence-corrected chi connectivity index (χ3v) is 2.96. The van der Waals surface area contributed by atoms with E-state index in [4.69, 9.17) is 0 Å².